The Labute approximate surface area is 131 Å². The molecule has 0 bridgehead atoms. The summed E-state index contributed by atoms with van der Waals surface area (Å²) in [5, 5.41) is 9.07. The van der Waals surface area contributed by atoms with Crippen LogP contribution in [0.2, 0.25) is 0 Å². The highest BCUT2D eigenvalue weighted by Gasteiger charge is 2.40. The number of hydrogen-bond donors (Lipinski definition) is 2. The smallest absolute Gasteiger partial charge is 0.250 e. The molecule has 1 aromatic rings. The molecule has 0 saturated heterocycles. The van der Waals surface area contributed by atoms with Crippen LogP contribution < -0.4 is 4.72 Å². The van der Waals surface area contributed by atoms with Crippen LogP contribution >= 0.6 is 11.3 Å². The third kappa shape index (κ3) is 4.28. The second-order valence-corrected chi connectivity index (χ2v) is 10.7. The summed E-state index contributed by atoms with van der Waals surface area (Å²) in [5.74, 6) is 0. The monoisotopic (exact) mass is 331 g/mol. The molecule has 2 rings (SSSR count). The number of aliphatic hydroxyl groups excluding tert-OH is 1. The van der Waals surface area contributed by atoms with E-state index in [4.69, 9.17) is 5.11 Å². The fourth-order valence-electron chi connectivity index (χ4n) is 3.79. The molecule has 21 heavy (non-hydrogen) atoms. The van der Waals surface area contributed by atoms with E-state index in [2.05, 4.69) is 32.4 Å². The van der Waals surface area contributed by atoms with Crippen LogP contribution in [0.25, 0.3) is 0 Å². The van der Waals surface area contributed by atoms with Crippen LogP contribution in [0.15, 0.2) is 16.3 Å². The van der Waals surface area contributed by atoms with Gasteiger partial charge in [0.15, 0.2) is 0 Å². The average Bonchev–Trinajstić information content (AvgIpc) is 2.72. The Hall–Kier alpha value is -0.430. The minimum absolute atomic E-state index is 0.0339. The van der Waals surface area contributed by atoms with Crippen LogP contribution in [-0.4, -0.2) is 19.6 Å². The number of thiophene rings is 1. The Morgan fingerprint density at radius 1 is 1.24 bits per heavy atom. The standard InChI is InChI=1S/C15H25NO3S2/c1-14(2)7-11(8-15(3,4)10-14)16-21(18,19)13-6-5-12(9-17)20-13/h5-6,11,16-17H,7-10H2,1-4H3. The van der Waals surface area contributed by atoms with Gasteiger partial charge < -0.3 is 5.11 Å². The first-order chi connectivity index (χ1) is 9.53. The van der Waals surface area contributed by atoms with Gasteiger partial charge in [-0.3, -0.25) is 0 Å². The minimum atomic E-state index is -3.49. The lowest BCUT2D eigenvalue weighted by Gasteiger charge is -2.44. The van der Waals surface area contributed by atoms with Gasteiger partial charge in [-0.05, 0) is 42.2 Å². The van der Waals surface area contributed by atoms with Crippen molar-refractivity contribution < 1.29 is 13.5 Å². The maximum atomic E-state index is 12.5. The summed E-state index contributed by atoms with van der Waals surface area (Å²) in [6.07, 6.45) is 2.81. The summed E-state index contributed by atoms with van der Waals surface area (Å²) < 4.78 is 28.1. The summed E-state index contributed by atoms with van der Waals surface area (Å²) in [6.45, 7) is 8.67. The summed E-state index contributed by atoms with van der Waals surface area (Å²) in [7, 11) is -3.49. The fraction of sp³-hybridized carbons (Fsp3) is 0.733. The van der Waals surface area contributed by atoms with E-state index in [0.717, 1.165) is 30.6 Å². The number of hydrogen-bond acceptors (Lipinski definition) is 4. The molecule has 120 valence electrons. The molecular weight excluding hydrogens is 306 g/mol. The van der Waals surface area contributed by atoms with Crippen molar-refractivity contribution in [3.05, 3.63) is 17.0 Å². The predicted octanol–water partition coefficient (Wildman–Crippen LogP) is 3.12. The van der Waals surface area contributed by atoms with Gasteiger partial charge in [-0.25, -0.2) is 13.1 Å². The van der Waals surface area contributed by atoms with Gasteiger partial charge in [0, 0.05) is 10.9 Å². The van der Waals surface area contributed by atoms with Crippen LogP contribution in [0.5, 0.6) is 0 Å². The van der Waals surface area contributed by atoms with Gasteiger partial charge in [0.2, 0.25) is 10.0 Å². The van der Waals surface area contributed by atoms with Gasteiger partial charge in [0.1, 0.15) is 4.21 Å². The van der Waals surface area contributed by atoms with Crippen molar-refractivity contribution in [3.8, 4) is 0 Å². The Morgan fingerprint density at radius 2 is 1.81 bits per heavy atom. The third-order valence-electron chi connectivity index (χ3n) is 3.93. The Bertz CT molecular complexity index is 586. The van der Waals surface area contributed by atoms with E-state index in [1.807, 2.05) is 0 Å². The maximum absolute atomic E-state index is 12.5. The van der Waals surface area contributed by atoms with Gasteiger partial charge in [-0.2, -0.15) is 0 Å². The molecule has 0 aliphatic heterocycles. The molecule has 1 aliphatic rings. The third-order valence-corrected chi connectivity index (χ3v) is 7.02. The van der Waals surface area contributed by atoms with E-state index in [-0.39, 0.29) is 27.7 Å². The lowest BCUT2D eigenvalue weighted by molar-refractivity contribution is 0.0934. The zero-order valence-corrected chi connectivity index (χ0v) is 14.8. The van der Waals surface area contributed by atoms with E-state index < -0.39 is 10.0 Å². The molecule has 0 unspecified atom stereocenters. The van der Waals surface area contributed by atoms with Crippen molar-refractivity contribution in [2.24, 2.45) is 10.8 Å². The molecule has 1 saturated carbocycles. The fourth-order valence-corrected chi connectivity index (χ4v) is 6.26. The summed E-state index contributed by atoms with van der Waals surface area (Å²) in [5.41, 5.74) is 0.279. The van der Waals surface area contributed by atoms with Crippen LogP contribution in [0.1, 0.15) is 51.8 Å². The van der Waals surface area contributed by atoms with Gasteiger partial charge in [-0.15, -0.1) is 11.3 Å². The van der Waals surface area contributed by atoms with E-state index in [9.17, 15) is 8.42 Å². The highest BCUT2D eigenvalue weighted by atomic mass is 32.2. The number of nitrogens with one attached hydrogen (secondary N) is 1. The van der Waals surface area contributed by atoms with E-state index in [0.29, 0.717) is 4.88 Å². The SMILES string of the molecule is CC1(C)CC(NS(=O)(=O)c2ccc(CO)s2)CC(C)(C)C1. The number of rotatable bonds is 4. The van der Waals surface area contributed by atoms with Crippen LogP contribution in [-0.2, 0) is 16.6 Å². The second-order valence-electron chi connectivity index (χ2n) is 7.61. The predicted molar refractivity (Wildman–Crippen MR) is 85.8 cm³/mol. The van der Waals surface area contributed by atoms with E-state index in [1.165, 1.54) is 0 Å². The maximum Gasteiger partial charge on any atom is 0.250 e. The lowest BCUT2D eigenvalue weighted by Crippen LogP contribution is -2.45. The first kappa shape index (κ1) is 16.9. The molecule has 0 atom stereocenters. The van der Waals surface area contributed by atoms with Crippen molar-refractivity contribution in [2.45, 2.75) is 63.8 Å². The van der Waals surface area contributed by atoms with Crippen LogP contribution in [0, 0.1) is 10.8 Å². The van der Waals surface area contributed by atoms with Gasteiger partial charge in [0.25, 0.3) is 0 Å². The molecule has 0 spiro atoms. The molecule has 2 N–H and O–H groups in total. The van der Waals surface area contributed by atoms with E-state index >= 15 is 0 Å². The quantitative estimate of drug-likeness (QED) is 0.891. The highest BCUT2D eigenvalue weighted by molar-refractivity contribution is 7.91. The normalized spacial score (nSPS) is 22.3. The molecule has 1 aromatic heterocycles. The van der Waals surface area contributed by atoms with Crippen molar-refractivity contribution in [1.29, 1.82) is 0 Å². The largest absolute Gasteiger partial charge is 0.391 e. The highest BCUT2D eigenvalue weighted by Crippen LogP contribution is 2.46. The summed E-state index contributed by atoms with van der Waals surface area (Å²) in [4.78, 5) is 0.666. The second kappa shape index (κ2) is 5.65. The Balaban J connectivity index is 2.16. The van der Waals surface area contributed by atoms with E-state index in [1.54, 1.807) is 12.1 Å². The average molecular weight is 332 g/mol. The van der Waals surface area contributed by atoms with Crippen LogP contribution in [0.3, 0.4) is 0 Å². The summed E-state index contributed by atoms with van der Waals surface area (Å²) in [6, 6.07) is 3.19. The molecule has 1 heterocycles. The Morgan fingerprint density at radius 3 is 2.29 bits per heavy atom. The van der Waals surface area contributed by atoms with Crippen molar-refractivity contribution in [1.82, 2.24) is 4.72 Å². The summed E-state index contributed by atoms with van der Waals surface area (Å²) >= 11 is 1.13. The lowest BCUT2D eigenvalue weighted by atomic mass is 9.64. The molecule has 0 radical (unpaired) electrons. The molecule has 1 aliphatic carbocycles. The Kier molecular flexibility index (Phi) is 4.55. The van der Waals surface area contributed by atoms with Gasteiger partial charge in [0.05, 0.1) is 6.61 Å². The number of sulfonamides is 1. The molecule has 0 amide bonds. The zero-order chi connectivity index (χ0) is 15.9. The molecule has 0 aromatic carbocycles. The first-order valence-electron chi connectivity index (χ1n) is 7.25. The van der Waals surface area contributed by atoms with Crippen LogP contribution in [0.4, 0.5) is 0 Å². The zero-order valence-electron chi connectivity index (χ0n) is 13.1. The first-order valence-corrected chi connectivity index (χ1v) is 9.55. The molecule has 1 fully saturated rings. The van der Waals surface area contributed by atoms with Crippen molar-refractivity contribution in [3.63, 3.8) is 0 Å². The topological polar surface area (TPSA) is 66.4 Å². The van der Waals surface area contributed by atoms with Crippen molar-refractivity contribution >= 4 is 21.4 Å². The van der Waals surface area contributed by atoms with Gasteiger partial charge in [-0.1, -0.05) is 27.7 Å². The molecule has 4 nitrogen and oxygen atoms in total. The van der Waals surface area contributed by atoms with Crippen molar-refractivity contribution in [2.75, 3.05) is 0 Å². The molecular formula is C15H25NO3S2. The minimum Gasteiger partial charge on any atom is -0.391 e. The molecule has 6 heteroatoms. The number of aliphatic hydroxyl groups is 1. The van der Waals surface area contributed by atoms with Gasteiger partial charge >= 0.3 is 0 Å².